The molecule has 2 nitrogen and oxygen atoms in total. The third-order valence-corrected chi connectivity index (χ3v) is 3.36. The Labute approximate surface area is 123 Å². The first-order valence-electron chi connectivity index (χ1n) is 6.99. The van der Waals surface area contributed by atoms with Crippen LogP contribution in [0.4, 0.5) is 14.5 Å². The minimum atomic E-state index is -2.83. The van der Waals surface area contributed by atoms with Crippen LogP contribution in [0.2, 0.25) is 0 Å². The molecule has 0 amide bonds. The number of anilines is 1. The van der Waals surface area contributed by atoms with Crippen molar-refractivity contribution in [1.82, 2.24) is 0 Å². The van der Waals surface area contributed by atoms with Crippen molar-refractivity contribution in [3.8, 4) is 5.75 Å². The van der Waals surface area contributed by atoms with E-state index in [9.17, 15) is 8.78 Å². The van der Waals surface area contributed by atoms with Crippen LogP contribution in [0.1, 0.15) is 31.0 Å². The Bertz CT molecular complexity index is 569. The molecule has 0 bridgehead atoms. The lowest BCUT2D eigenvalue weighted by molar-refractivity contribution is -0.0493. The number of alkyl halides is 2. The molecule has 112 valence electrons. The van der Waals surface area contributed by atoms with Crippen LogP contribution in [-0.2, 0) is 6.42 Å². The molecular weight excluding hydrogens is 272 g/mol. The summed E-state index contributed by atoms with van der Waals surface area (Å²) < 4.78 is 29.3. The Kier molecular flexibility index (Phi) is 5.14. The van der Waals surface area contributed by atoms with Gasteiger partial charge >= 0.3 is 6.61 Å². The normalized spacial score (nSPS) is 12.2. The van der Waals surface area contributed by atoms with Gasteiger partial charge in [-0.3, -0.25) is 0 Å². The predicted molar refractivity (Wildman–Crippen MR) is 80.9 cm³/mol. The lowest BCUT2D eigenvalue weighted by Crippen LogP contribution is -2.10. The maximum absolute atomic E-state index is 12.4. The molecule has 1 N–H and O–H groups in total. The molecule has 0 spiro atoms. The number of halogens is 2. The van der Waals surface area contributed by atoms with Crippen molar-refractivity contribution >= 4 is 5.69 Å². The van der Waals surface area contributed by atoms with Gasteiger partial charge in [-0.2, -0.15) is 8.78 Å². The van der Waals surface area contributed by atoms with E-state index in [1.807, 2.05) is 19.1 Å². The van der Waals surface area contributed by atoms with Crippen molar-refractivity contribution in [3.63, 3.8) is 0 Å². The molecule has 0 aliphatic carbocycles. The molecule has 1 unspecified atom stereocenters. The highest BCUT2D eigenvalue weighted by atomic mass is 19.3. The Balaban J connectivity index is 2.13. The van der Waals surface area contributed by atoms with Crippen molar-refractivity contribution in [2.45, 2.75) is 32.9 Å². The average molecular weight is 291 g/mol. The van der Waals surface area contributed by atoms with Gasteiger partial charge < -0.3 is 10.1 Å². The van der Waals surface area contributed by atoms with E-state index in [2.05, 4.69) is 29.1 Å². The number of para-hydroxylation sites is 2. The minimum absolute atomic E-state index is 0.00155. The van der Waals surface area contributed by atoms with E-state index < -0.39 is 6.61 Å². The number of aryl methyl sites for hydroxylation is 1. The third-order valence-electron chi connectivity index (χ3n) is 3.36. The van der Waals surface area contributed by atoms with Crippen LogP contribution >= 0.6 is 0 Å². The highest BCUT2D eigenvalue weighted by Gasteiger charge is 2.12. The van der Waals surface area contributed by atoms with Gasteiger partial charge in [0.25, 0.3) is 0 Å². The second-order valence-electron chi connectivity index (χ2n) is 4.84. The molecule has 0 heterocycles. The van der Waals surface area contributed by atoms with E-state index in [-0.39, 0.29) is 11.8 Å². The second kappa shape index (κ2) is 7.07. The summed E-state index contributed by atoms with van der Waals surface area (Å²) in [6, 6.07) is 15.0. The van der Waals surface area contributed by atoms with E-state index in [0.29, 0.717) is 5.69 Å². The largest absolute Gasteiger partial charge is 0.433 e. The van der Waals surface area contributed by atoms with Gasteiger partial charge in [-0.25, -0.2) is 0 Å². The maximum atomic E-state index is 12.4. The van der Waals surface area contributed by atoms with Gasteiger partial charge in [0, 0.05) is 6.04 Å². The van der Waals surface area contributed by atoms with Crippen LogP contribution in [0, 0.1) is 0 Å². The van der Waals surface area contributed by atoms with E-state index in [1.54, 1.807) is 18.2 Å². The first-order chi connectivity index (χ1) is 10.1. The summed E-state index contributed by atoms with van der Waals surface area (Å²) >= 11 is 0. The van der Waals surface area contributed by atoms with Gasteiger partial charge in [0.15, 0.2) is 0 Å². The number of benzene rings is 2. The molecule has 2 aromatic rings. The monoisotopic (exact) mass is 291 g/mol. The fraction of sp³-hybridized carbons (Fsp3) is 0.294. The van der Waals surface area contributed by atoms with Gasteiger partial charge in [-0.1, -0.05) is 43.3 Å². The molecule has 0 aliphatic heterocycles. The van der Waals surface area contributed by atoms with Crippen molar-refractivity contribution in [2.24, 2.45) is 0 Å². The van der Waals surface area contributed by atoms with Gasteiger partial charge in [-0.15, -0.1) is 0 Å². The molecule has 0 radical (unpaired) electrons. The van der Waals surface area contributed by atoms with Crippen LogP contribution in [0.25, 0.3) is 0 Å². The van der Waals surface area contributed by atoms with Gasteiger partial charge in [-0.05, 0) is 36.6 Å². The minimum Gasteiger partial charge on any atom is -0.433 e. The van der Waals surface area contributed by atoms with Crippen LogP contribution in [0.3, 0.4) is 0 Å². The molecule has 0 aromatic heterocycles. The van der Waals surface area contributed by atoms with Crippen LogP contribution < -0.4 is 10.1 Å². The summed E-state index contributed by atoms with van der Waals surface area (Å²) in [5.74, 6) is 0.157. The van der Waals surface area contributed by atoms with Gasteiger partial charge in [0.2, 0.25) is 0 Å². The lowest BCUT2D eigenvalue weighted by Gasteiger charge is -2.18. The zero-order valence-corrected chi connectivity index (χ0v) is 12.1. The summed E-state index contributed by atoms with van der Waals surface area (Å²) in [5.41, 5.74) is 2.93. The van der Waals surface area contributed by atoms with Gasteiger partial charge in [0.05, 0.1) is 5.69 Å². The highest BCUT2D eigenvalue weighted by Crippen LogP contribution is 2.29. The first kappa shape index (κ1) is 15.3. The average Bonchev–Trinajstić information content (AvgIpc) is 2.49. The van der Waals surface area contributed by atoms with Crippen LogP contribution in [-0.4, -0.2) is 6.61 Å². The van der Waals surface area contributed by atoms with E-state index >= 15 is 0 Å². The number of hydrogen-bond acceptors (Lipinski definition) is 2. The molecule has 0 saturated carbocycles. The predicted octanol–water partition coefficient (Wildman–Crippen LogP) is 5.02. The van der Waals surface area contributed by atoms with Gasteiger partial charge in [0.1, 0.15) is 5.75 Å². The maximum Gasteiger partial charge on any atom is 0.387 e. The Morgan fingerprint density at radius 3 is 2.33 bits per heavy atom. The number of nitrogens with one attached hydrogen (secondary N) is 1. The van der Waals surface area contributed by atoms with Crippen molar-refractivity contribution in [1.29, 1.82) is 0 Å². The summed E-state index contributed by atoms with van der Waals surface area (Å²) in [5, 5.41) is 3.21. The van der Waals surface area contributed by atoms with E-state index in [0.717, 1.165) is 12.0 Å². The smallest absolute Gasteiger partial charge is 0.387 e. The molecule has 0 fully saturated rings. The zero-order valence-electron chi connectivity index (χ0n) is 12.1. The van der Waals surface area contributed by atoms with Crippen molar-refractivity contribution < 1.29 is 13.5 Å². The second-order valence-corrected chi connectivity index (χ2v) is 4.84. The Hall–Kier alpha value is -2.10. The summed E-state index contributed by atoms with van der Waals surface area (Å²) in [7, 11) is 0. The molecule has 2 aromatic carbocycles. The topological polar surface area (TPSA) is 21.3 Å². The molecule has 21 heavy (non-hydrogen) atoms. The van der Waals surface area contributed by atoms with Crippen LogP contribution in [0.15, 0.2) is 48.5 Å². The van der Waals surface area contributed by atoms with Crippen molar-refractivity contribution in [2.75, 3.05) is 5.32 Å². The number of rotatable bonds is 6. The zero-order chi connectivity index (χ0) is 15.2. The summed E-state index contributed by atoms with van der Waals surface area (Å²) in [6.07, 6.45) is 0.993. The number of ether oxygens (including phenoxy) is 1. The highest BCUT2D eigenvalue weighted by molar-refractivity contribution is 5.57. The van der Waals surface area contributed by atoms with Crippen LogP contribution in [0.5, 0.6) is 5.75 Å². The molecule has 4 heteroatoms. The van der Waals surface area contributed by atoms with E-state index in [1.165, 1.54) is 11.6 Å². The standard InChI is InChI=1S/C17H19F2NO/c1-3-13-8-10-14(11-9-13)12(2)20-15-6-4-5-7-16(15)21-17(18)19/h4-12,17,20H,3H2,1-2H3. The molecule has 2 rings (SSSR count). The number of hydrogen-bond donors (Lipinski definition) is 1. The molecule has 0 aliphatic rings. The summed E-state index contributed by atoms with van der Waals surface area (Å²) in [6.45, 7) is 1.27. The van der Waals surface area contributed by atoms with Crippen molar-refractivity contribution in [3.05, 3.63) is 59.7 Å². The first-order valence-corrected chi connectivity index (χ1v) is 6.99. The quantitative estimate of drug-likeness (QED) is 0.806. The SMILES string of the molecule is CCc1ccc(C(C)Nc2ccccc2OC(F)F)cc1. The molecule has 1 atom stereocenters. The summed E-state index contributed by atoms with van der Waals surface area (Å²) in [4.78, 5) is 0. The van der Waals surface area contributed by atoms with E-state index in [4.69, 9.17) is 0 Å². The third kappa shape index (κ3) is 4.18. The molecule has 0 saturated heterocycles. The fourth-order valence-corrected chi connectivity index (χ4v) is 2.14. The lowest BCUT2D eigenvalue weighted by atomic mass is 10.0. The fourth-order valence-electron chi connectivity index (χ4n) is 2.14. The Morgan fingerprint density at radius 1 is 1.05 bits per heavy atom. The molecular formula is C17H19F2NO. The Morgan fingerprint density at radius 2 is 1.71 bits per heavy atom.